The van der Waals surface area contributed by atoms with Gasteiger partial charge in [0.15, 0.2) is 0 Å². The number of halogens is 1. The molecule has 0 radical (unpaired) electrons. The lowest BCUT2D eigenvalue weighted by Crippen LogP contribution is -2.30. The van der Waals surface area contributed by atoms with Crippen molar-refractivity contribution in [3.63, 3.8) is 0 Å². The van der Waals surface area contributed by atoms with Gasteiger partial charge >= 0.3 is 0 Å². The molecule has 1 aromatic carbocycles. The summed E-state index contributed by atoms with van der Waals surface area (Å²) < 4.78 is 39.6. The minimum absolute atomic E-state index is 0.0240. The van der Waals surface area contributed by atoms with Gasteiger partial charge in [0, 0.05) is 12.6 Å². The van der Waals surface area contributed by atoms with Gasteiger partial charge in [0.2, 0.25) is 0 Å². The molecule has 1 aromatic rings. The minimum atomic E-state index is -3.67. The fourth-order valence-corrected chi connectivity index (χ4v) is 1.91. The molecule has 0 aromatic heterocycles. The van der Waals surface area contributed by atoms with E-state index >= 15 is 0 Å². The van der Waals surface area contributed by atoms with E-state index in [1.165, 1.54) is 6.07 Å². The first-order valence-electron chi connectivity index (χ1n) is 4.27. The van der Waals surface area contributed by atoms with Crippen LogP contribution in [0.4, 0.5) is 15.8 Å². The van der Waals surface area contributed by atoms with Crippen molar-refractivity contribution in [3.05, 3.63) is 24.0 Å². The van der Waals surface area contributed by atoms with Gasteiger partial charge in [0.25, 0.3) is 10.2 Å². The number of benzene rings is 1. The van der Waals surface area contributed by atoms with Crippen LogP contribution in [-0.4, -0.2) is 15.0 Å². The predicted molar refractivity (Wildman–Crippen MR) is 57.0 cm³/mol. The van der Waals surface area contributed by atoms with Crippen molar-refractivity contribution in [1.82, 2.24) is 4.72 Å². The standard InChI is InChI=1S/C8H12FN3O2S/c1-2-11-15(13,14)12-8-5-6(9)3-4-7(8)10/h3-5,11-12H,2,10H2,1H3. The van der Waals surface area contributed by atoms with Gasteiger partial charge in [-0.1, -0.05) is 6.92 Å². The molecule has 5 nitrogen and oxygen atoms in total. The van der Waals surface area contributed by atoms with Crippen molar-refractivity contribution in [1.29, 1.82) is 0 Å². The van der Waals surface area contributed by atoms with Crippen LogP contribution in [-0.2, 0) is 10.2 Å². The van der Waals surface area contributed by atoms with Gasteiger partial charge in [0.1, 0.15) is 5.82 Å². The largest absolute Gasteiger partial charge is 0.397 e. The van der Waals surface area contributed by atoms with Gasteiger partial charge in [-0.15, -0.1) is 0 Å². The fraction of sp³-hybridized carbons (Fsp3) is 0.250. The molecular weight excluding hydrogens is 221 g/mol. The number of nitrogen functional groups attached to an aromatic ring is 1. The van der Waals surface area contributed by atoms with E-state index in [2.05, 4.69) is 9.44 Å². The quantitative estimate of drug-likeness (QED) is 0.668. The lowest BCUT2D eigenvalue weighted by molar-refractivity contribution is 0.589. The maximum atomic E-state index is 12.8. The Bertz CT molecular complexity index is 447. The van der Waals surface area contributed by atoms with Gasteiger partial charge in [-0.25, -0.2) is 4.39 Å². The summed E-state index contributed by atoms with van der Waals surface area (Å²) in [7, 11) is -3.67. The maximum absolute atomic E-state index is 12.8. The van der Waals surface area contributed by atoms with Crippen molar-refractivity contribution in [2.75, 3.05) is 17.0 Å². The Hall–Kier alpha value is -1.34. The van der Waals surface area contributed by atoms with Crippen LogP contribution in [0.15, 0.2) is 18.2 Å². The highest BCUT2D eigenvalue weighted by Gasteiger charge is 2.10. The second-order valence-corrected chi connectivity index (χ2v) is 4.33. The van der Waals surface area contributed by atoms with Crippen molar-refractivity contribution in [3.8, 4) is 0 Å². The highest BCUT2D eigenvalue weighted by Crippen LogP contribution is 2.19. The van der Waals surface area contributed by atoms with Crippen LogP contribution < -0.4 is 15.2 Å². The Kier molecular flexibility index (Phi) is 3.48. The third-order valence-corrected chi connectivity index (χ3v) is 2.75. The average molecular weight is 233 g/mol. The Morgan fingerprint density at radius 2 is 2.13 bits per heavy atom. The summed E-state index contributed by atoms with van der Waals surface area (Å²) in [6.45, 7) is 1.87. The first-order chi connectivity index (χ1) is 6.94. The molecule has 0 atom stereocenters. The summed E-state index contributed by atoms with van der Waals surface area (Å²) in [5, 5.41) is 0. The molecule has 0 bridgehead atoms. The summed E-state index contributed by atoms with van der Waals surface area (Å²) in [6.07, 6.45) is 0. The van der Waals surface area contributed by atoms with Gasteiger partial charge in [-0.3, -0.25) is 4.72 Å². The molecule has 4 N–H and O–H groups in total. The second-order valence-electron chi connectivity index (χ2n) is 2.83. The lowest BCUT2D eigenvalue weighted by Gasteiger charge is -2.09. The number of hydrogen-bond acceptors (Lipinski definition) is 3. The second kappa shape index (κ2) is 4.45. The first-order valence-corrected chi connectivity index (χ1v) is 5.75. The zero-order valence-corrected chi connectivity index (χ0v) is 8.94. The summed E-state index contributed by atoms with van der Waals surface area (Å²) in [4.78, 5) is 0. The molecule has 0 saturated carbocycles. The molecule has 15 heavy (non-hydrogen) atoms. The highest BCUT2D eigenvalue weighted by molar-refractivity contribution is 7.90. The van der Waals surface area contributed by atoms with E-state index < -0.39 is 16.0 Å². The Labute approximate surface area is 87.7 Å². The normalized spacial score (nSPS) is 11.3. The molecule has 0 saturated heterocycles. The molecule has 0 spiro atoms. The third kappa shape index (κ3) is 3.37. The topological polar surface area (TPSA) is 84.2 Å². The average Bonchev–Trinajstić information content (AvgIpc) is 2.10. The van der Waals surface area contributed by atoms with E-state index in [9.17, 15) is 12.8 Å². The molecule has 0 unspecified atom stereocenters. The van der Waals surface area contributed by atoms with E-state index in [0.29, 0.717) is 0 Å². The Balaban J connectivity index is 2.94. The van der Waals surface area contributed by atoms with Crippen molar-refractivity contribution < 1.29 is 12.8 Å². The molecule has 0 aliphatic rings. The van der Waals surface area contributed by atoms with Crippen LogP contribution in [0.25, 0.3) is 0 Å². The molecule has 7 heteroatoms. The lowest BCUT2D eigenvalue weighted by atomic mass is 10.3. The van der Waals surface area contributed by atoms with E-state index in [1.807, 2.05) is 0 Å². The Morgan fingerprint density at radius 3 is 2.73 bits per heavy atom. The predicted octanol–water partition coefficient (Wildman–Crippen LogP) is 0.674. The molecule has 0 aliphatic carbocycles. The number of nitrogens with one attached hydrogen (secondary N) is 2. The van der Waals surface area contributed by atoms with Gasteiger partial charge in [-0.2, -0.15) is 13.1 Å². The highest BCUT2D eigenvalue weighted by atomic mass is 32.2. The van der Waals surface area contributed by atoms with Gasteiger partial charge in [-0.05, 0) is 12.1 Å². The number of anilines is 2. The van der Waals surface area contributed by atoms with E-state index in [1.54, 1.807) is 6.92 Å². The van der Waals surface area contributed by atoms with Crippen LogP contribution in [0.3, 0.4) is 0 Å². The van der Waals surface area contributed by atoms with Crippen molar-refractivity contribution >= 4 is 21.6 Å². The van der Waals surface area contributed by atoms with Crippen molar-refractivity contribution in [2.24, 2.45) is 0 Å². The molecule has 84 valence electrons. The number of nitrogens with two attached hydrogens (primary N) is 1. The third-order valence-electron chi connectivity index (χ3n) is 1.59. The first kappa shape index (κ1) is 11.7. The van der Waals surface area contributed by atoms with Crippen LogP contribution in [0.5, 0.6) is 0 Å². The molecule has 0 heterocycles. The van der Waals surface area contributed by atoms with E-state index in [-0.39, 0.29) is 17.9 Å². The number of hydrogen-bond donors (Lipinski definition) is 3. The zero-order valence-electron chi connectivity index (χ0n) is 8.12. The summed E-state index contributed by atoms with van der Waals surface area (Å²) in [5.41, 5.74) is 5.66. The molecular formula is C8H12FN3O2S. The maximum Gasteiger partial charge on any atom is 0.299 e. The summed E-state index contributed by atoms with van der Waals surface area (Å²) in [6, 6.07) is 3.46. The molecule has 0 amide bonds. The SMILES string of the molecule is CCNS(=O)(=O)Nc1cc(F)ccc1N. The number of rotatable bonds is 4. The molecule has 0 aliphatic heterocycles. The van der Waals surface area contributed by atoms with Crippen molar-refractivity contribution in [2.45, 2.75) is 6.92 Å². The summed E-state index contributed by atoms with van der Waals surface area (Å²) >= 11 is 0. The van der Waals surface area contributed by atoms with Gasteiger partial charge < -0.3 is 5.73 Å². The van der Waals surface area contributed by atoms with Crippen LogP contribution in [0.2, 0.25) is 0 Å². The van der Waals surface area contributed by atoms with Crippen LogP contribution in [0.1, 0.15) is 6.92 Å². The van der Waals surface area contributed by atoms with Crippen LogP contribution in [0, 0.1) is 5.82 Å². The van der Waals surface area contributed by atoms with Gasteiger partial charge in [0.05, 0.1) is 11.4 Å². The molecule has 1 rings (SSSR count). The van der Waals surface area contributed by atoms with Crippen LogP contribution >= 0.6 is 0 Å². The smallest absolute Gasteiger partial charge is 0.299 e. The van der Waals surface area contributed by atoms with E-state index in [4.69, 9.17) is 5.73 Å². The monoisotopic (exact) mass is 233 g/mol. The minimum Gasteiger partial charge on any atom is -0.397 e. The molecule has 0 fully saturated rings. The fourth-order valence-electron chi connectivity index (χ4n) is 0.988. The Morgan fingerprint density at radius 1 is 1.47 bits per heavy atom. The zero-order chi connectivity index (χ0) is 11.5. The van der Waals surface area contributed by atoms with E-state index in [0.717, 1.165) is 12.1 Å². The summed E-state index contributed by atoms with van der Waals surface area (Å²) in [5.74, 6) is -0.557.